The number of fused-ring (bicyclic) bond motifs is 1. The van der Waals surface area contributed by atoms with Crippen LogP contribution >= 0.6 is 97.1 Å². The first-order chi connectivity index (χ1) is 51.7. The van der Waals surface area contributed by atoms with Crippen LogP contribution in [-0.2, 0) is 54.4 Å². The number of imide groups is 1. The Kier molecular flexibility index (Phi) is 34.7. The van der Waals surface area contributed by atoms with Crippen LogP contribution in [0.5, 0.6) is 5.75 Å². The first kappa shape index (κ1) is 91.4. The molecule has 0 bridgehead atoms. The van der Waals surface area contributed by atoms with E-state index in [1.165, 1.54) is 34.3 Å². The van der Waals surface area contributed by atoms with Gasteiger partial charge in [0.15, 0.2) is 6.19 Å². The van der Waals surface area contributed by atoms with E-state index in [1.807, 2.05) is 78.8 Å². The summed E-state index contributed by atoms with van der Waals surface area (Å²) in [4.78, 5) is 86.9. The van der Waals surface area contributed by atoms with E-state index < -0.39 is 34.9 Å². The molecule has 0 unspecified atom stereocenters. The molecule has 0 fully saturated rings. The van der Waals surface area contributed by atoms with Gasteiger partial charge in [0.1, 0.15) is 34.8 Å². The van der Waals surface area contributed by atoms with E-state index >= 15 is 0 Å². The number of nitrogens with one attached hydrogen (secondary N) is 3. The Morgan fingerprint density at radius 3 is 1.92 bits per heavy atom. The molecule has 0 spiro atoms. The molecule has 23 nitrogen and oxygen atoms in total. The molecular weight excluding hydrogens is 1640 g/mol. The Balaban J connectivity index is 0.000000250. The zero-order valence-electron chi connectivity index (χ0n) is 61.5. The number of esters is 1. The maximum absolute atomic E-state index is 13.4. The van der Waals surface area contributed by atoms with Crippen LogP contribution in [0.1, 0.15) is 153 Å². The number of hydrogen-bond acceptors (Lipinski definition) is 18. The van der Waals surface area contributed by atoms with Crippen molar-refractivity contribution < 1.29 is 61.3 Å². The first-order valence-electron chi connectivity index (χ1n) is 33.7. The fourth-order valence-electron chi connectivity index (χ4n) is 10.9. The number of nitrogens with zero attached hydrogens (tertiary/aromatic N) is 9. The molecule has 4 heterocycles. The standard InChI is InChI=1S/C24H30N2O3.C19H17Cl2NO4.C15H11BrClF3N2O.C9H13ClN6.C8H5Cl3O2.CH2N2/c1-15-12-16(2)14-18(13-15)23(28)26(24(4,5)6)25-22(27)20-9-10-21-19(17(20)3)8-7-11-29-21;1-2-26-19(25)16(21)10-11-9-12(7-8-15(11)20)22-17(23)13-5-3-4-6-14(13)18(22)24;1-2-23-8-22-13(9-3-5-10(17)6-4-9)11(7-21)12(16)14(22)15(18,19)20;1-4-12-7-13-6(10)14-8(15-7)16-9(2,3)5-11;9-5-1-2-6(10)8(11)4(5)3-7(12)13;2-1-3/h9-10,12-14H,7-8,11H2,1-6H3,(H,25,27);7-10H,2-6H2,1H3;3-6H,2,8H2,1H3;4H2,1-3H3,(H2,12,13,14,15,16);1-2H,3H2,(H,12,13);2H2/b;16-10-;;;;. The second-order valence-electron chi connectivity index (χ2n) is 25.5. The van der Waals surface area contributed by atoms with E-state index in [-0.39, 0.29) is 87.0 Å². The number of nitrogens with two attached hydrogens (primary N) is 1. The molecule has 6 N–H and O–H groups in total. The highest BCUT2D eigenvalue weighted by atomic mass is 79.9. The largest absolute Gasteiger partial charge is 0.493 e. The van der Waals surface area contributed by atoms with Crippen LogP contribution < -0.4 is 31.4 Å². The summed E-state index contributed by atoms with van der Waals surface area (Å²) in [6, 6.07) is 27.3. The fraction of sp³-hybridized carbons (Fsp3) is 0.342. The van der Waals surface area contributed by atoms with E-state index in [4.69, 9.17) is 111 Å². The molecule has 0 saturated heterocycles. The van der Waals surface area contributed by atoms with Crippen LogP contribution in [0.2, 0.25) is 30.4 Å². The molecular formula is C76H78BrCl7F3N13O10. The minimum absolute atomic E-state index is 0.0854. The van der Waals surface area contributed by atoms with Gasteiger partial charge >= 0.3 is 18.1 Å². The lowest BCUT2D eigenvalue weighted by atomic mass is 9.93. The first-order valence-corrected chi connectivity index (χ1v) is 37.1. The summed E-state index contributed by atoms with van der Waals surface area (Å²) in [5, 5.41) is 42.6. The molecule has 1 aliphatic carbocycles. The average molecular weight is 1720 g/mol. The number of amides is 4. The Labute approximate surface area is 678 Å². The monoisotopic (exact) mass is 1710 g/mol. The highest BCUT2D eigenvalue weighted by molar-refractivity contribution is 9.10. The van der Waals surface area contributed by atoms with Gasteiger partial charge in [-0.1, -0.05) is 98.9 Å². The number of anilines is 3. The lowest BCUT2D eigenvalue weighted by Gasteiger charge is -2.36. The number of rotatable bonds is 16. The van der Waals surface area contributed by atoms with Crippen molar-refractivity contribution in [3.63, 3.8) is 0 Å². The molecule has 0 radical (unpaired) electrons. The zero-order chi connectivity index (χ0) is 82.3. The van der Waals surface area contributed by atoms with Gasteiger partial charge in [0.05, 0.1) is 62.7 Å². The minimum Gasteiger partial charge on any atom is -0.493 e. The molecule has 3 aliphatic rings. The van der Waals surface area contributed by atoms with Crippen LogP contribution in [0.25, 0.3) is 17.3 Å². The number of hydrazine groups is 1. The number of alkyl halides is 3. The summed E-state index contributed by atoms with van der Waals surface area (Å²) < 4.78 is 56.6. The molecule has 2 aliphatic heterocycles. The van der Waals surface area contributed by atoms with Crippen LogP contribution in [0.3, 0.4) is 0 Å². The molecule has 0 saturated carbocycles. The highest BCUT2D eigenvalue weighted by Gasteiger charge is 2.42. The lowest BCUT2D eigenvalue weighted by molar-refractivity contribution is -0.146. The SMILES string of the molecule is CCNc1nc(Cl)nc(NC(C)(C)C#N)n1.CCOC(=O)/C(Cl)=C/c1cc(N2C(=O)C3=C(CCCC3)C2=O)ccc1Cl.CCOCn1c(-c2ccc(Cl)cc2)c(C#N)c(Br)c1C(F)(F)F.Cc1cc(C)cc(C(=O)N(NC(=O)c2ccc3c(c2C)CCCO3)C(C)(C)C)c1.N#CN.O=C(O)Cc1c(Cl)ccc(Cl)c1Cl. The average Bonchev–Trinajstić information content (AvgIpc) is 1.60. The smallest absolute Gasteiger partial charge is 0.432 e. The number of carboxylic acid groups (broad SMARTS) is 1. The van der Waals surface area contributed by atoms with Crippen molar-refractivity contribution in [1.82, 2.24) is 30.0 Å². The van der Waals surface area contributed by atoms with Crippen LogP contribution in [0.15, 0.2) is 106 Å². The van der Waals surface area contributed by atoms with Gasteiger partial charge in [-0.3, -0.25) is 29.4 Å². The third-order valence-corrected chi connectivity index (χ3v) is 18.8. The maximum Gasteiger partial charge on any atom is 0.432 e. The topological polar surface area (TPSA) is 334 Å². The number of nitriles is 3. The van der Waals surface area contributed by atoms with Gasteiger partial charge in [0.25, 0.3) is 23.6 Å². The summed E-state index contributed by atoms with van der Waals surface area (Å²) in [7, 11) is 0. The molecule has 34 heteroatoms. The predicted molar refractivity (Wildman–Crippen MR) is 423 cm³/mol. The molecule has 4 amide bonds. The zero-order valence-corrected chi connectivity index (χ0v) is 68.4. The van der Waals surface area contributed by atoms with Gasteiger partial charge in [0.2, 0.25) is 17.2 Å². The Bertz CT molecular complexity index is 4720. The number of carbonyl (C=O) groups excluding carboxylic acids is 5. The Morgan fingerprint density at radius 1 is 0.782 bits per heavy atom. The number of carbonyl (C=O) groups is 6. The van der Waals surface area contributed by atoms with Crippen molar-refractivity contribution in [2.45, 2.75) is 145 Å². The van der Waals surface area contributed by atoms with Gasteiger partial charge in [-0.05, 0) is 237 Å². The molecule has 0 atom stereocenters. The van der Waals surface area contributed by atoms with Crippen molar-refractivity contribution in [2.75, 3.05) is 41.9 Å². The summed E-state index contributed by atoms with van der Waals surface area (Å²) >= 11 is 43.8. The summed E-state index contributed by atoms with van der Waals surface area (Å²) in [6.45, 7) is 21.8. The quantitative estimate of drug-likeness (QED) is 0.0114. The van der Waals surface area contributed by atoms with Crippen molar-refractivity contribution in [2.24, 2.45) is 5.73 Å². The summed E-state index contributed by atoms with van der Waals surface area (Å²) in [5.74, 6) is -1.21. The number of carboxylic acids is 1. The number of ether oxygens (including phenoxy) is 3. The fourth-order valence-corrected chi connectivity index (χ4v) is 13.0. The van der Waals surface area contributed by atoms with Crippen LogP contribution in [0.4, 0.5) is 30.8 Å². The number of hydrogen-bond donors (Lipinski definition) is 5. The predicted octanol–water partition coefficient (Wildman–Crippen LogP) is 18.6. The normalized spacial score (nSPS) is 12.9. The van der Waals surface area contributed by atoms with Gasteiger partial charge in [-0.25, -0.2) is 14.7 Å². The van der Waals surface area contributed by atoms with Crippen LogP contribution in [-0.4, -0.2) is 103 Å². The van der Waals surface area contributed by atoms with E-state index in [0.29, 0.717) is 96.7 Å². The second kappa shape index (κ2) is 41.7. The number of halogens is 11. The number of aliphatic carboxylic acids is 1. The van der Waals surface area contributed by atoms with Gasteiger partial charge in [-0.2, -0.15) is 43.9 Å². The van der Waals surface area contributed by atoms with Crippen molar-refractivity contribution in [3.05, 3.63) is 192 Å². The second-order valence-corrected chi connectivity index (χ2v) is 29.1. The number of aromatic nitrogens is 4. The van der Waals surface area contributed by atoms with E-state index in [9.17, 15) is 47.2 Å². The Hall–Kier alpha value is -9.18. The third kappa shape index (κ3) is 25.2. The van der Waals surface area contributed by atoms with E-state index in [0.717, 1.165) is 58.3 Å². The molecule has 7 aromatic rings. The molecule has 110 heavy (non-hydrogen) atoms. The maximum atomic E-state index is 13.4. The molecule has 584 valence electrons. The highest BCUT2D eigenvalue weighted by Crippen LogP contribution is 2.44. The molecule has 2 aromatic heterocycles. The minimum atomic E-state index is -4.63. The molecule has 5 aromatic carbocycles. The third-order valence-electron chi connectivity index (χ3n) is 15.8. The summed E-state index contributed by atoms with van der Waals surface area (Å²) in [5.41, 5.74) is 12.7. The van der Waals surface area contributed by atoms with Gasteiger partial charge in [-0.15, -0.1) is 0 Å². The van der Waals surface area contributed by atoms with Gasteiger partial charge in [0, 0.05) is 56.1 Å². The number of aryl methyl sites for hydroxylation is 2. The van der Waals surface area contributed by atoms with Crippen molar-refractivity contribution in [1.29, 1.82) is 15.8 Å². The van der Waals surface area contributed by atoms with Crippen LogP contribution in [0, 0.1) is 54.9 Å². The lowest BCUT2D eigenvalue weighted by Crippen LogP contribution is -2.56. The Morgan fingerprint density at radius 2 is 1.37 bits per heavy atom. The van der Waals surface area contributed by atoms with E-state index in [1.54, 1.807) is 76.2 Å². The van der Waals surface area contributed by atoms with E-state index in [2.05, 4.69) is 58.7 Å². The number of benzene rings is 5. The van der Waals surface area contributed by atoms with Gasteiger partial charge < -0.3 is 40.3 Å². The molecule has 10 rings (SSSR count). The van der Waals surface area contributed by atoms with Crippen molar-refractivity contribution in [3.8, 4) is 35.3 Å². The van der Waals surface area contributed by atoms with Crippen molar-refractivity contribution >= 4 is 156 Å². The summed E-state index contributed by atoms with van der Waals surface area (Å²) in [6.07, 6.45) is 2.68.